The Kier molecular flexibility index (Phi) is 3.35. The van der Waals surface area contributed by atoms with E-state index < -0.39 is 11.6 Å². The molecule has 17 heavy (non-hydrogen) atoms. The number of benzene rings is 1. The second-order valence-electron chi connectivity index (χ2n) is 3.44. The van der Waals surface area contributed by atoms with E-state index in [2.05, 4.69) is 25.9 Å². The number of H-pyrrole nitrogens is 1. The van der Waals surface area contributed by atoms with Gasteiger partial charge in [0.2, 0.25) is 0 Å². The van der Waals surface area contributed by atoms with Gasteiger partial charge in [-0.3, -0.25) is 0 Å². The second-order valence-corrected chi connectivity index (χ2v) is 4.71. The average molecular weight is 317 g/mol. The molecule has 0 atom stereocenters. The molecular formula is C11H7BrF2N2S. The fraction of sp³-hybridized carbons (Fsp3) is 0.0909. The molecule has 0 amide bonds. The molecule has 1 aromatic carbocycles. The zero-order chi connectivity index (χ0) is 12.6. The quantitative estimate of drug-likeness (QED) is 0.632. The van der Waals surface area contributed by atoms with Crippen LogP contribution in [0.3, 0.4) is 0 Å². The molecule has 2 aromatic rings. The molecule has 0 spiro atoms. The number of nitrogens with one attached hydrogen (secondary N) is 1. The minimum atomic E-state index is -0.666. The predicted molar refractivity (Wildman–Crippen MR) is 67.2 cm³/mol. The van der Waals surface area contributed by atoms with Gasteiger partial charge in [0, 0.05) is 0 Å². The van der Waals surface area contributed by atoms with Gasteiger partial charge in [-0.25, -0.2) is 13.8 Å². The van der Waals surface area contributed by atoms with Crippen molar-refractivity contribution in [3.8, 4) is 11.3 Å². The second kappa shape index (κ2) is 4.62. The summed E-state index contributed by atoms with van der Waals surface area (Å²) < 4.78 is 28.0. The van der Waals surface area contributed by atoms with Gasteiger partial charge in [0.1, 0.15) is 22.1 Å². The molecule has 1 heterocycles. The smallest absolute Gasteiger partial charge is 0.149 e. The van der Waals surface area contributed by atoms with Gasteiger partial charge >= 0.3 is 0 Å². The first-order valence-electron chi connectivity index (χ1n) is 4.71. The number of halogens is 3. The van der Waals surface area contributed by atoms with E-state index in [1.165, 1.54) is 18.2 Å². The van der Waals surface area contributed by atoms with Gasteiger partial charge in [0.25, 0.3) is 0 Å². The molecule has 2 rings (SSSR count). The molecule has 6 heteroatoms. The van der Waals surface area contributed by atoms with Crippen LogP contribution in [0.2, 0.25) is 0 Å². The van der Waals surface area contributed by atoms with Crippen molar-refractivity contribution < 1.29 is 8.78 Å². The van der Waals surface area contributed by atoms with E-state index in [0.717, 1.165) is 0 Å². The SMILES string of the molecule is Cc1nc(=S)cc(-c2c(F)ccc(Br)c2F)[nH]1. The molecule has 0 saturated carbocycles. The van der Waals surface area contributed by atoms with Crippen LogP contribution in [0.5, 0.6) is 0 Å². The van der Waals surface area contributed by atoms with Crippen LogP contribution in [0.15, 0.2) is 22.7 Å². The Morgan fingerprint density at radius 3 is 2.71 bits per heavy atom. The number of rotatable bonds is 1. The molecule has 0 bridgehead atoms. The number of hydrogen-bond acceptors (Lipinski definition) is 2. The summed E-state index contributed by atoms with van der Waals surface area (Å²) in [6.45, 7) is 1.67. The number of aryl methyl sites for hydroxylation is 1. The third-order valence-corrected chi connectivity index (χ3v) is 3.00. The standard InChI is InChI=1S/C11H7BrF2N2S/c1-5-15-8(4-9(17)16-5)10-7(13)3-2-6(12)11(10)14/h2-4H,1H3,(H,15,16,17). The Bertz CT molecular complexity index is 640. The van der Waals surface area contributed by atoms with E-state index in [1.54, 1.807) is 6.92 Å². The van der Waals surface area contributed by atoms with Crippen molar-refractivity contribution in [2.24, 2.45) is 0 Å². The zero-order valence-electron chi connectivity index (χ0n) is 8.72. The van der Waals surface area contributed by atoms with Gasteiger partial charge in [-0.2, -0.15) is 0 Å². The minimum Gasteiger partial charge on any atom is -0.343 e. The van der Waals surface area contributed by atoms with Crippen molar-refractivity contribution in [1.29, 1.82) is 0 Å². The maximum Gasteiger partial charge on any atom is 0.149 e. The van der Waals surface area contributed by atoms with Crippen molar-refractivity contribution in [3.05, 3.63) is 44.8 Å². The Balaban J connectivity index is 2.76. The van der Waals surface area contributed by atoms with Gasteiger partial charge in [-0.1, -0.05) is 12.2 Å². The van der Waals surface area contributed by atoms with E-state index in [4.69, 9.17) is 12.2 Å². The van der Waals surface area contributed by atoms with Crippen LogP contribution in [0.4, 0.5) is 8.78 Å². The molecule has 1 aromatic heterocycles. The van der Waals surface area contributed by atoms with Crippen molar-refractivity contribution in [1.82, 2.24) is 9.97 Å². The molecule has 0 aliphatic carbocycles. The Hall–Kier alpha value is -1.14. The molecule has 0 saturated heterocycles. The van der Waals surface area contributed by atoms with Crippen LogP contribution in [0.1, 0.15) is 5.82 Å². The van der Waals surface area contributed by atoms with E-state index in [9.17, 15) is 8.78 Å². The Morgan fingerprint density at radius 1 is 1.35 bits per heavy atom. The van der Waals surface area contributed by atoms with Crippen molar-refractivity contribution in [2.75, 3.05) is 0 Å². The fourth-order valence-electron chi connectivity index (χ4n) is 1.49. The van der Waals surface area contributed by atoms with Crippen molar-refractivity contribution in [3.63, 3.8) is 0 Å². The molecule has 0 radical (unpaired) electrons. The number of aromatic amines is 1. The molecule has 88 valence electrons. The van der Waals surface area contributed by atoms with Crippen LogP contribution in [0, 0.1) is 23.2 Å². The fourth-order valence-corrected chi connectivity index (χ4v) is 2.07. The lowest BCUT2D eigenvalue weighted by molar-refractivity contribution is 0.584. The average Bonchev–Trinajstić information content (AvgIpc) is 2.23. The lowest BCUT2D eigenvalue weighted by atomic mass is 10.1. The number of nitrogens with zero attached hydrogens (tertiary/aromatic N) is 1. The predicted octanol–water partition coefficient (Wildman–Crippen LogP) is 4.16. The zero-order valence-corrected chi connectivity index (χ0v) is 11.1. The van der Waals surface area contributed by atoms with E-state index in [-0.39, 0.29) is 20.4 Å². The van der Waals surface area contributed by atoms with Crippen molar-refractivity contribution in [2.45, 2.75) is 6.92 Å². The monoisotopic (exact) mass is 316 g/mol. The molecule has 1 N–H and O–H groups in total. The van der Waals surface area contributed by atoms with Crippen LogP contribution in [-0.4, -0.2) is 9.97 Å². The largest absolute Gasteiger partial charge is 0.343 e. The lowest BCUT2D eigenvalue weighted by Crippen LogP contribution is -1.97. The number of hydrogen-bond donors (Lipinski definition) is 1. The topological polar surface area (TPSA) is 28.7 Å². The summed E-state index contributed by atoms with van der Waals surface area (Å²) in [4.78, 5) is 6.74. The summed E-state index contributed by atoms with van der Waals surface area (Å²) >= 11 is 7.94. The lowest BCUT2D eigenvalue weighted by Gasteiger charge is -2.07. The van der Waals surface area contributed by atoms with Crippen LogP contribution in [0.25, 0.3) is 11.3 Å². The van der Waals surface area contributed by atoms with Gasteiger partial charge in [-0.15, -0.1) is 0 Å². The molecule has 0 fully saturated rings. The van der Waals surface area contributed by atoms with Gasteiger partial charge in [-0.05, 0) is 41.1 Å². The van der Waals surface area contributed by atoms with Gasteiger partial charge < -0.3 is 4.98 Å². The summed E-state index contributed by atoms with van der Waals surface area (Å²) in [5, 5.41) is 0. The molecule has 2 nitrogen and oxygen atoms in total. The normalized spacial score (nSPS) is 10.6. The molecule has 0 aliphatic rings. The summed E-state index contributed by atoms with van der Waals surface area (Å²) in [6.07, 6.45) is 0. The third-order valence-electron chi connectivity index (χ3n) is 2.17. The molecule has 0 unspecified atom stereocenters. The first kappa shape index (κ1) is 12.3. The summed E-state index contributed by atoms with van der Waals surface area (Å²) in [5.74, 6) is -0.811. The van der Waals surface area contributed by atoms with E-state index in [0.29, 0.717) is 5.82 Å². The Morgan fingerprint density at radius 2 is 2.06 bits per heavy atom. The van der Waals surface area contributed by atoms with Crippen molar-refractivity contribution >= 4 is 28.1 Å². The summed E-state index contributed by atoms with van der Waals surface area (Å²) in [7, 11) is 0. The number of aromatic nitrogens is 2. The summed E-state index contributed by atoms with van der Waals surface area (Å²) in [5.41, 5.74) is 0.134. The van der Waals surface area contributed by atoms with Crippen LogP contribution < -0.4 is 0 Å². The highest BCUT2D eigenvalue weighted by molar-refractivity contribution is 9.10. The van der Waals surface area contributed by atoms with E-state index in [1.807, 2.05) is 0 Å². The molecular weight excluding hydrogens is 310 g/mol. The highest BCUT2D eigenvalue weighted by Gasteiger charge is 2.15. The van der Waals surface area contributed by atoms with E-state index >= 15 is 0 Å². The first-order valence-corrected chi connectivity index (χ1v) is 5.91. The maximum absolute atomic E-state index is 13.9. The Labute approximate surface area is 110 Å². The van der Waals surface area contributed by atoms with Crippen LogP contribution in [-0.2, 0) is 0 Å². The van der Waals surface area contributed by atoms with Crippen LogP contribution >= 0.6 is 28.1 Å². The minimum absolute atomic E-state index is 0.143. The van der Waals surface area contributed by atoms with Gasteiger partial charge in [0.05, 0.1) is 15.7 Å². The first-order chi connectivity index (χ1) is 7.99. The third kappa shape index (κ3) is 2.42. The van der Waals surface area contributed by atoms with Gasteiger partial charge in [0.15, 0.2) is 0 Å². The highest BCUT2D eigenvalue weighted by Crippen LogP contribution is 2.29. The molecule has 0 aliphatic heterocycles. The summed E-state index contributed by atoms with van der Waals surface area (Å²) in [6, 6.07) is 3.93. The maximum atomic E-state index is 13.9. The highest BCUT2D eigenvalue weighted by atomic mass is 79.9.